The molecule has 0 aliphatic carbocycles. The first-order chi connectivity index (χ1) is 9.82. The van der Waals surface area contributed by atoms with E-state index in [4.69, 9.17) is 4.74 Å². The molecule has 1 heterocycles. The van der Waals surface area contributed by atoms with Gasteiger partial charge in [-0.05, 0) is 24.6 Å². The smallest absolute Gasteiger partial charge is 0.384 e. The van der Waals surface area contributed by atoms with Gasteiger partial charge in [0.05, 0.1) is 17.7 Å². The van der Waals surface area contributed by atoms with Crippen LogP contribution in [0.5, 0.6) is 0 Å². The average molecular weight is 366 g/mol. The quantitative estimate of drug-likeness (QED) is 0.819. The van der Waals surface area contributed by atoms with Crippen LogP contribution >= 0.6 is 15.9 Å². The van der Waals surface area contributed by atoms with Gasteiger partial charge in [0.25, 0.3) is 5.91 Å². The van der Waals surface area contributed by atoms with Gasteiger partial charge in [0.15, 0.2) is 0 Å². The van der Waals surface area contributed by atoms with Crippen molar-refractivity contribution in [2.75, 3.05) is 26.8 Å². The largest absolute Gasteiger partial charge is 0.417 e. The Morgan fingerprint density at radius 1 is 1.48 bits per heavy atom. The highest BCUT2D eigenvalue weighted by Gasteiger charge is 2.37. The Morgan fingerprint density at radius 3 is 2.81 bits per heavy atom. The molecule has 0 bridgehead atoms. The predicted octanol–water partition coefficient (Wildman–Crippen LogP) is 3.58. The first-order valence-corrected chi connectivity index (χ1v) is 7.27. The molecule has 0 radical (unpaired) electrons. The molecule has 3 nitrogen and oxygen atoms in total. The third kappa shape index (κ3) is 3.77. The standard InChI is InChI=1S/C14H15BrF3NO2/c1-21-8-9-4-5-19(7-9)13(20)11-3-2-10(15)6-12(11)14(16,17)18/h2-3,6,9H,4-5,7-8H2,1H3. The lowest BCUT2D eigenvalue weighted by Gasteiger charge is -2.19. The first kappa shape index (κ1) is 16.3. The highest BCUT2D eigenvalue weighted by Crippen LogP contribution is 2.35. The number of rotatable bonds is 3. The third-order valence-electron chi connectivity index (χ3n) is 3.49. The molecule has 1 fully saturated rings. The maximum absolute atomic E-state index is 13.1. The monoisotopic (exact) mass is 365 g/mol. The molecule has 1 amide bonds. The fourth-order valence-electron chi connectivity index (χ4n) is 2.50. The van der Waals surface area contributed by atoms with Crippen LogP contribution in [0.1, 0.15) is 22.3 Å². The van der Waals surface area contributed by atoms with Gasteiger partial charge in [-0.1, -0.05) is 15.9 Å². The second kappa shape index (κ2) is 6.36. The van der Waals surface area contributed by atoms with E-state index in [2.05, 4.69) is 15.9 Å². The molecule has 21 heavy (non-hydrogen) atoms. The number of alkyl halides is 3. The fraction of sp³-hybridized carbons (Fsp3) is 0.500. The van der Waals surface area contributed by atoms with Gasteiger partial charge < -0.3 is 9.64 Å². The van der Waals surface area contributed by atoms with Crippen molar-refractivity contribution >= 4 is 21.8 Å². The van der Waals surface area contributed by atoms with Crippen molar-refractivity contribution in [2.24, 2.45) is 5.92 Å². The molecule has 116 valence electrons. The van der Waals surface area contributed by atoms with Crippen LogP contribution in [0, 0.1) is 5.92 Å². The van der Waals surface area contributed by atoms with Crippen LogP contribution in [0.15, 0.2) is 22.7 Å². The van der Waals surface area contributed by atoms with E-state index in [1.54, 1.807) is 7.11 Å². The summed E-state index contributed by atoms with van der Waals surface area (Å²) in [5, 5.41) is 0. The van der Waals surface area contributed by atoms with E-state index in [0.29, 0.717) is 24.2 Å². The lowest BCUT2D eigenvalue weighted by Crippen LogP contribution is -2.31. The minimum Gasteiger partial charge on any atom is -0.384 e. The zero-order valence-corrected chi connectivity index (χ0v) is 13.0. The summed E-state index contributed by atoms with van der Waals surface area (Å²) in [4.78, 5) is 13.8. The van der Waals surface area contributed by atoms with Gasteiger partial charge in [-0.15, -0.1) is 0 Å². The van der Waals surface area contributed by atoms with Crippen LogP contribution in [-0.4, -0.2) is 37.6 Å². The number of hydrogen-bond donors (Lipinski definition) is 0. The van der Waals surface area contributed by atoms with Gasteiger partial charge in [-0.3, -0.25) is 4.79 Å². The second-order valence-electron chi connectivity index (χ2n) is 5.05. The lowest BCUT2D eigenvalue weighted by molar-refractivity contribution is -0.138. The van der Waals surface area contributed by atoms with Crippen molar-refractivity contribution < 1.29 is 22.7 Å². The fourth-order valence-corrected chi connectivity index (χ4v) is 2.86. The number of carbonyl (C=O) groups is 1. The molecular formula is C14H15BrF3NO2. The Kier molecular flexibility index (Phi) is 4.93. The predicted molar refractivity (Wildman–Crippen MR) is 75.0 cm³/mol. The van der Waals surface area contributed by atoms with Crippen molar-refractivity contribution in [3.63, 3.8) is 0 Å². The van der Waals surface area contributed by atoms with Crippen molar-refractivity contribution in [2.45, 2.75) is 12.6 Å². The van der Waals surface area contributed by atoms with Gasteiger partial charge in [0.1, 0.15) is 0 Å². The van der Waals surface area contributed by atoms with Crippen LogP contribution < -0.4 is 0 Å². The number of halogens is 4. The number of hydrogen-bond acceptors (Lipinski definition) is 2. The van der Waals surface area contributed by atoms with Gasteiger partial charge >= 0.3 is 6.18 Å². The van der Waals surface area contributed by atoms with Crippen LogP contribution in [0.25, 0.3) is 0 Å². The second-order valence-corrected chi connectivity index (χ2v) is 5.96. The summed E-state index contributed by atoms with van der Waals surface area (Å²) in [6.45, 7) is 1.40. The van der Waals surface area contributed by atoms with E-state index in [1.165, 1.54) is 17.0 Å². The van der Waals surface area contributed by atoms with Gasteiger partial charge in [0, 0.05) is 30.6 Å². The maximum atomic E-state index is 13.1. The minimum absolute atomic E-state index is 0.184. The number of likely N-dealkylation sites (tertiary alicyclic amines) is 1. The van der Waals surface area contributed by atoms with E-state index in [1.807, 2.05) is 0 Å². The summed E-state index contributed by atoms with van der Waals surface area (Å²) < 4.78 is 44.5. The Labute approximate surface area is 129 Å². The molecule has 1 aromatic carbocycles. The molecule has 0 N–H and O–H groups in total. The topological polar surface area (TPSA) is 29.5 Å². The van der Waals surface area contributed by atoms with E-state index >= 15 is 0 Å². The normalized spacial score (nSPS) is 19.1. The van der Waals surface area contributed by atoms with Crippen LogP contribution in [-0.2, 0) is 10.9 Å². The molecule has 1 aliphatic rings. The van der Waals surface area contributed by atoms with E-state index < -0.39 is 17.6 Å². The molecule has 1 saturated heterocycles. The van der Waals surface area contributed by atoms with Crippen LogP contribution in [0.2, 0.25) is 0 Å². The summed E-state index contributed by atoms with van der Waals surface area (Å²) in [6, 6.07) is 3.61. The van der Waals surface area contributed by atoms with Crippen LogP contribution in [0.3, 0.4) is 0 Å². The maximum Gasteiger partial charge on any atom is 0.417 e. The number of nitrogens with zero attached hydrogens (tertiary/aromatic N) is 1. The highest BCUT2D eigenvalue weighted by atomic mass is 79.9. The number of carbonyl (C=O) groups excluding carboxylic acids is 1. The molecule has 0 aromatic heterocycles. The SMILES string of the molecule is COCC1CCN(C(=O)c2ccc(Br)cc2C(F)(F)F)C1. The molecule has 7 heteroatoms. The van der Waals surface area contributed by atoms with Gasteiger partial charge in [0.2, 0.25) is 0 Å². The molecule has 1 aliphatic heterocycles. The zero-order chi connectivity index (χ0) is 15.6. The number of benzene rings is 1. The Bertz CT molecular complexity index is 533. The molecule has 1 aromatic rings. The van der Waals surface area contributed by atoms with Crippen molar-refractivity contribution in [3.05, 3.63) is 33.8 Å². The summed E-state index contributed by atoms with van der Waals surface area (Å²) >= 11 is 3.01. The van der Waals surface area contributed by atoms with Crippen LogP contribution in [0.4, 0.5) is 13.2 Å². The summed E-state index contributed by atoms with van der Waals surface area (Å²) in [5.41, 5.74) is -1.21. The minimum atomic E-state index is -4.56. The molecule has 0 spiro atoms. The number of ether oxygens (including phenoxy) is 1. The average Bonchev–Trinajstić information content (AvgIpc) is 2.86. The Morgan fingerprint density at radius 2 is 2.19 bits per heavy atom. The molecular weight excluding hydrogens is 351 g/mol. The highest BCUT2D eigenvalue weighted by molar-refractivity contribution is 9.10. The van der Waals surface area contributed by atoms with Crippen molar-refractivity contribution in [1.29, 1.82) is 0 Å². The molecule has 1 unspecified atom stereocenters. The zero-order valence-electron chi connectivity index (χ0n) is 11.4. The lowest BCUT2D eigenvalue weighted by atomic mass is 10.1. The third-order valence-corrected chi connectivity index (χ3v) is 3.99. The summed E-state index contributed by atoms with van der Waals surface area (Å²) in [6.07, 6.45) is -3.81. The van der Waals surface area contributed by atoms with Crippen molar-refractivity contribution in [1.82, 2.24) is 4.90 Å². The van der Waals surface area contributed by atoms with E-state index in [9.17, 15) is 18.0 Å². The van der Waals surface area contributed by atoms with Gasteiger partial charge in [-0.2, -0.15) is 13.2 Å². The summed E-state index contributed by atoms with van der Waals surface area (Å²) in [7, 11) is 1.57. The Balaban J connectivity index is 2.24. The molecule has 2 rings (SSSR count). The number of amides is 1. The first-order valence-electron chi connectivity index (χ1n) is 6.48. The Hall–Kier alpha value is -1.08. The van der Waals surface area contributed by atoms with Gasteiger partial charge in [-0.25, -0.2) is 0 Å². The van der Waals surface area contributed by atoms with E-state index in [-0.39, 0.29) is 11.5 Å². The molecule has 0 saturated carbocycles. The molecule has 1 atom stereocenters. The van der Waals surface area contributed by atoms with E-state index in [0.717, 1.165) is 12.5 Å². The number of methoxy groups -OCH3 is 1. The summed E-state index contributed by atoms with van der Waals surface area (Å²) in [5.74, 6) is -0.392. The van der Waals surface area contributed by atoms with Crippen molar-refractivity contribution in [3.8, 4) is 0 Å².